The molecular weight excluding hydrogens is 247 g/mol. The van der Waals surface area contributed by atoms with Crippen molar-refractivity contribution >= 4 is 17.5 Å². The van der Waals surface area contributed by atoms with Gasteiger partial charge in [0.25, 0.3) is 5.91 Å². The summed E-state index contributed by atoms with van der Waals surface area (Å²) < 4.78 is 41.7. The van der Waals surface area contributed by atoms with Crippen LogP contribution in [-0.2, 0) is 11.0 Å². The van der Waals surface area contributed by atoms with E-state index in [0.717, 1.165) is 12.1 Å². The zero-order valence-corrected chi connectivity index (χ0v) is 8.60. The number of hydrogen-bond acceptors (Lipinski definition) is 2. The molecule has 2 N–H and O–H groups in total. The number of nitrogens with two attached hydrogens (primary N) is 1. The van der Waals surface area contributed by atoms with Gasteiger partial charge in [0.1, 0.15) is 5.75 Å². The third-order valence-electron chi connectivity index (χ3n) is 1.58. The molecule has 0 fully saturated rings. The molecule has 0 aliphatic carbocycles. The quantitative estimate of drug-likeness (QED) is 0.898. The Labute approximate surface area is 93.9 Å². The molecule has 0 spiro atoms. The first kappa shape index (κ1) is 12.6. The van der Waals surface area contributed by atoms with E-state index in [1.54, 1.807) is 0 Å². The molecule has 1 rings (SSSR count). The highest BCUT2D eigenvalue weighted by molar-refractivity contribution is 6.30. The minimum absolute atomic E-state index is 0.130. The molecule has 0 bridgehead atoms. The summed E-state index contributed by atoms with van der Waals surface area (Å²) in [6, 6.07) is 2.67. The van der Waals surface area contributed by atoms with Crippen LogP contribution >= 0.6 is 11.6 Å². The topological polar surface area (TPSA) is 52.3 Å². The van der Waals surface area contributed by atoms with E-state index in [0.29, 0.717) is 0 Å². The average molecular weight is 254 g/mol. The molecule has 0 radical (unpaired) electrons. The third kappa shape index (κ3) is 3.62. The lowest BCUT2D eigenvalue weighted by Crippen LogP contribution is -2.20. The molecule has 0 aromatic heterocycles. The minimum Gasteiger partial charge on any atom is -0.484 e. The van der Waals surface area contributed by atoms with Crippen molar-refractivity contribution in [3.05, 3.63) is 28.8 Å². The van der Waals surface area contributed by atoms with Gasteiger partial charge in [-0.3, -0.25) is 4.79 Å². The first-order valence-corrected chi connectivity index (χ1v) is 4.46. The monoisotopic (exact) mass is 253 g/mol. The van der Waals surface area contributed by atoms with E-state index < -0.39 is 24.3 Å². The maximum atomic E-state index is 12.3. The van der Waals surface area contributed by atoms with E-state index >= 15 is 0 Å². The summed E-state index contributed by atoms with van der Waals surface area (Å²) in [6.07, 6.45) is -4.52. The van der Waals surface area contributed by atoms with Crippen LogP contribution in [0.3, 0.4) is 0 Å². The van der Waals surface area contributed by atoms with Gasteiger partial charge in [0.15, 0.2) is 6.61 Å². The molecule has 0 aliphatic heterocycles. The van der Waals surface area contributed by atoms with E-state index in [9.17, 15) is 18.0 Å². The number of benzene rings is 1. The van der Waals surface area contributed by atoms with Gasteiger partial charge in [-0.05, 0) is 18.2 Å². The lowest BCUT2D eigenvalue weighted by Gasteiger charge is -2.10. The van der Waals surface area contributed by atoms with Crippen LogP contribution < -0.4 is 10.5 Å². The maximum Gasteiger partial charge on any atom is 0.416 e. The molecular formula is C9H7ClF3NO2. The molecule has 0 aliphatic rings. The van der Waals surface area contributed by atoms with Gasteiger partial charge in [-0.2, -0.15) is 13.2 Å². The summed E-state index contributed by atoms with van der Waals surface area (Å²) in [7, 11) is 0. The fourth-order valence-electron chi connectivity index (χ4n) is 0.964. The molecule has 88 valence electrons. The first-order valence-electron chi connectivity index (χ1n) is 4.08. The number of amides is 1. The fraction of sp³-hybridized carbons (Fsp3) is 0.222. The summed E-state index contributed by atoms with van der Waals surface area (Å²) >= 11 is 5.48. The first-order chi connectivity index (χ1) is 7.29. The largest absolute Gasteiger partial charge is 0.484 e. The van der Waals surface area contributed by atoms with Crippen LogP contribution in [0.5, 0.6) is 5.75 Å². The fourth-order valence-corrected chi connectivity index (χ4v) is 1.19. The summed E-state index contributed by atoms with van der Waals surface area (Å²) in [4.78, 5) is 10.4. The van der Waals surface area contributed by atoms with Crippen molar-refractivity contribution in [3.63, 3.8) is 0 Å². The summed E-state index contributed by atoms with van der Waals surface area (Å²) in [5.74, 6) is -0.938. The van der Waals surface area contributed by atoms with E-state index in [2.05, 4.69) is 0 Å². The number of carbonyl (C=O) groups is 1. The van der Waals surface area contributed by atoms with Gasteiger partial charge in [-0.25, -0.2) is 0 Å². The molecule has 1 amide bonds. The van der Waals surface area contributed by atoms with Gasteiger partial charge in [-0.15, -0.1) is 0 Å². The van der Waals surface area contributed by atoms with Crippen molar-refractivity contribution in [2.75, 3.05) is 6.61 Å². The van der Waals surface area contributed by atoms with Crippen LogP contribution in [0, 0.1) is 0 Å². The number of carbonyl (C=O) groups excluding carboxylic acids is 1. The minimum atomic E-state index is -4.52. The maximum absolute atomic E-state index is 12.3. The number of alkyl halides is 3. The molecule has 16 heavy (non-hydrogen) atoms. The van der Waals surface area contributed by atoms with E-state index in [-0.39, 0.29) is 10.8 Å². The van der Waals surface area contributed by atoms with Crippen LogP contribution in [-0.4, -0.2) is 12.5 Å². The second kappa shape index (κ2) is 4.61. The molecule has 0 unspecified atom stereocenters. The Bertz CT molecular complexity index is 406. The van der Waals surface area contributed by atoms with Gasteiger partial charge in [-0.1, -0.05) is 11.6 Å². The van der Waals surface area contributed by atoms with Crippen molar-refractivity contribution in [2.24, 2.45) is 5.73 Å². The number of halogens is 4. The van der Waals surface area contributed by atoms with Crippen molar-refractivity contribution in [3.8, 4) is 5.75 Å². The Morgan fingerprint density at radius 2 is 2.00 bits per heavy atom. The predicted molar refractivity (Wildman–Crippen MR) is 51.1 cm³/mol. The van der Waals surface area contributed by atoms with Crippen molar-refractivity contribution in [1.82, 2.24) is 0 Å². The zero-order chi connectivity index (χ0) is 12.3. The van der Waals surface area contributed by atoms with Crippen LogP contribution in [0.25, 0.3) is 0 Å². The SMILES string of the molecule is NC(=O)COc1cc(Cl)cc(C(F)(F)F)c1. The van der Waals surface area contributed by atoms with Gasteiger partial charge in [0.2, 0.25) is 0 Å². The van der Waals surface area contributed by atoms with Crippen LogP contribution in [0.1, 0.15) is 5.56 Å². The Morgan fingerprint density at radius 1 is 1.38 bits per heavy atom. The van der Waals surface area contributed by atoms with Gasteiger partial charge >= 0.3 is 6.18 Å². The molecule has 7 heteroatoms. The predicted octanol–water partition coefficient (Wildman–Crippen LogP) is 2.22. The molecule has 1 aromatic carbocycles. The Hall–Kier alpha value is -1.43. The van der Waals surface area contributed by atoms with Gasteiger partial charge < -0.3 is 10.5 Å². The van der Waals surface area contributed by atoms with E-state index in [1.807, 2.05) is 0 Å². The lowest BCUT2D eigenvalue weighted by molar-refractivity contribution is -0.137. The van der Waals surface area contributed by atoms with Crippen molar-refractivity contribution < 1.29 is 22.7 Å². The molecule has 0 atom stereocenters. The second-order valence-corrected chi connectivity index (χ2v) is 3.36. The van der Waals surface area contributed by atoms with Gasteiger partial charge in [0.05, 0.1) is 5.56 Å². The molecule has 1 aromatic rings. The van der Waals surface area contributed by atoms with E-state index in [1.165, 1.54) is 6.07 Å². The highest BCUT2D eigenvalue weighted by Crippen LogP contribution is 2.33. The number of primary amides is 1. The number of hydrogen-bond donors (Lipinski definition) is 1. The molecule has 0 heterocycles. The van der Waals surface area contributed by atoms with Gasteiger partial charge in [0, 0.05) is 5.02 Å². The van der Waals surface area contributed by atoms with Crippen molar-refractivity contribution in [2.45, 2.75) is 6.18 Å². The number of rotatable bonds is 3. The Morgan fingerprint density at radius 3 is 2.50 bits per heavy atom. The highest BCUT2D eigenvalue weighted by Gasteiger charge is 2.31. The Balaban J connectivity index is 2.94. The summed E-state index contributed by atoms with van der Waals surface area (Å²) in [6.45, 7) is -0.502. The normalized spacial score (nSPS) is 11.2. The van der Waals surface area contributed by atoms with Crippen LogP contribution in [0.15, 0.2) is 18.2 Å². The summed E-state index contributed by atoms with van der Waals surface area (Å²) in [5.41, 5.74) is 3.84. The van der Waals surface area contributed by atoms with Crippen molar-refractivity contribution in [1.29, 1.82) is 0 Å². The summed E-state index contributed by atoms with van der Waals surface area (Å²) in [5, 5.41) is -0.130. The van der Waals surface area contributed by atoms with Crippen LogP contribution in [0.2, 0.25) is 5.02 Å². The second-order valence-electron chi connectivity index (χ2n) is 2.93. The average Bonchev–Trinajstić information content (AvgIpc) is 2.12. The molecule has 0 saturated heterocycles. The van der Waals surface area contributed by atoms with E-state index in [4.69, 9.17) is 22.1 Å². The smallest absolute Gasteiger partial charge is 0.416 e. The third-order valence-corrected chi connectivity index (χ3v) is 1.80. The molecule has 0 saturated carbocycles. The lowest BCUT2D eigenvalue weighted by atomic mass is 10.2. The van der Waals surface area contributed by atoms with Crippen LogP contribution in [0.4, 0.5) is 13.2 Å². The molecule has 3 nitrogen and oxygen atoms in total. The number of ether oxygens (including phenoxy) is 1. The Kier molecular flexibility index (Phi) is 3.64. The standard InChI is InChI=1S/C9H7ClF3NO2/c10-6-1-5(9(11,12)13)2-7(3-6)16-4-8(14)15/h1-3H,4H2,(H2,14,15). The zero-order valence-electron chi connectivity index (χ0n) is 7.84. The highest BCUT2D eigenvalue weighted by atomic mass is 35.5.